The minimum absolute atomic E-state index is 0.0869. The summed E-state index contributed by atoms with van der Waals surface area (Å²) in [6.45, 7) is 1.28. The molecule has 1 amide bonds. The number of carbonyl (C=O) groups excluding carboxylic acids is 1. The van der Waals surface area contributed by atoms with Crippen molar-refractivity contribution in [2.75, 3.05) is 6.54 Å². The monoisotopic (exact) mass is 343 g/mol. The highest BCUT2D eigenvalue weighted by molar-refractivity contribution is 7.12. The van der Waals surface area contributed by atoms with Gasteiger partial charge in [0, 0.05) is 41.4 Å². The SMILES string of the molecule is O=C(c1cccs1)N1CCc2[nH]nc(-c3cccc(Cl)c3)c2C1. The Morgan fingerprint density at radius 2 is 2.22 bits per heavy atom. The zero-order valence-electron chi connectivity index (χ0n) is 12.3. The van der Waals surface area contributed by atoms with Gasteiger partial charge in [0.2, 0.25) is 0 Å². The van der Waals surface area contributed by atoms with E-state index in [1.54, 1.807) is 0 Å². The van der Waals surface area contributed by atoms with Gasteiger partial charge in [-0.3, -0.25) is 9.89 Å². The molecule has 0 unspecified atom stereocenters. The Kier molecular flexibility index (Phi) is 3.67. The van der Waals surface area contributed by atoms with Crippen LogP contribution in [-0.4, -0.2) is 27.5 Å². The molecule has 1 aliphatic heterocycles. The molecule has 3 heterocycles. The van der Waals surface area contributed by atoms with Gasteiger partial charge in [-0.05, 0) is 23.6 Å². The van der Waals surface area contributed by atoms with Crippen molar-refractivity contribution >= 4 is 28.8 Å². The van der Waals surface area contributed by atoms with E-state index in [1.807, 2.05) is 46.7 Å². The van der Waals surface area contributed by atoms with Gasteiger partial charge in [0.1, 0.15) is 0 Å². The molecule has 116 valence electrons. The largest absolute Gasteiger partial charge is 0.333 e. The fourth-order valence-corrected chi connectivity index (χ4v) is 3.78. The number of benzene rings is 1. The van der Waals surface area contributed by atoms with Crippen LogP contribution in [0.5, 0.6) is 0 Å². The molecule has 0 aliphatic carbocycles. The number of nitrogens with zero attached hydrogens (tertiary/aromatic N) is 2. The second kappa shape index (κ2) is 5.83. The molecule has 0 saturated carbocycles. The van der Waals surface area contributed by atoms with Crippen molar-refractivity contribution in [3.05, 3.63) is 62.9 Å². The van der Waals surface area contributed by atoms with E-state index in [0.29, 0.717) is 18.1 Å². The summed E-state index contributed by atoms with van der Waals surface area (Å²) >= 11 is 7.57. The lowest BCUT2D eigenvalue weighted by atomic mass is 10.0. The fourth-order valence-electron chi connectivity index (χ4n) is 2.90. The number of halogens is 1. The maximum absolute atomic E-state index is 12.6. The summed E-state index contributed by atoms with van der Waals surface area (Å²) in [6, 6.07) is 11.4. The molecule has 1 aromatic carbocycles. The number of aromatic amines is 1. The minimum atomic E-state index is 0.0869. The number of rotatable bonds is 2. The van der Waals surface area contributed by atoms with Gasteiger partial charge in [-0.25, -0.2) is 0 Å². The molecule has 0 spiro atoms. The minimum Gasteiger partial charge on any atom is -0.333 e. The fraction of sp³-hybridized carbons (Fsp3) is 0.176. The number of nitrogens with one attached hydrogen (secondary N) is 1. The molecule has 0 saturated heterocycles. The van der Waals surface area contributed by atoms with Crippen molar-refractivity contribution in [3.63, 3.8) is 0 Å². The number of H-pyrrole nitrogens is 1. The van der Waals surface area contributed by atoms with Gasteiger partial charge in [0.15, 0.2) is 0 Å². The second-order valence-corrected chi connectivity index (χ2v) is 6.88. The van der Waals surface area contributed by atoms with Crippen molar-refractivity contribution in [3.8, 4) is 11.3 Å². The topological polar surface area (TPSA) is 49.0 Å². The summed E-state index contributed by atoms with van der Waals surface area (Å²) < 4.78 is 0. The molecular formula is C17H14ClN3OS. The molecular weight excluding hydrogens is 330 g/mol. The molecule has 0 fully saturated rings. The highest BCUT2D eigenvalue weighted by Crippen LogP contribution is 2.30. The van der Waals surface area contributed by atoms with Crippen molar-refractivity contribution in [2.45, 2.75) is 13.0 Å². The normalized spacial score (nSPS) is 13.9. The van der Waals surface area contributed by atoms with Crippen molar-refractivity contribution in [2.24, 2.45) is 0 Å². The molecule has 2 aromatic heterocycles. The average Bonchev–Trinajstić information content (AvgIpc) is 3.23. The highest BCUT2D eigenvalue weighted by Gasteiger charge is 2.26. The Labute approximate surface area is 142 Å². The van der Waals surface area contributed by atoms with Gasteiger partial charge >= 0.3 is 0 Å². The molecule has 6 heteroatoms. The number of thiophene rings is 1. The maximum atomic E-state index is 12.6. The van der Waals surface area contributed by atoms with Crippen LogP contribution in [0.15, 0.2) is 41.8 Å². The van der Waals surface area contributed by atoms with Crippen molar-refractivity contribution in [1.29, 1.82) is 0 Å². The van der Waals surface area contributed by atoms with E-state index in [9.17, 15) is 4.79 Å². The first-order valence-electron chi connectivity index (χ1n) is 7.37. The van der Waals surface area contributed by atoms with Crippen LogP contribution >= 0.6 is 22.9 Å². The average molecular weight is 344 g/mol. The summed E-state index contributed by atoms with van der Waals surface area (Å²) in [4.78, 5) is 15.2. The van der Waals surface area contributed by atoms with Crippen LogP contribution in [0.3, 0.4) is 0 Å². The Morgan fingerprint density at radius 3 is 3.00 bits per heavy atom. The number of fused-ring (bicyclic) bond motifs is 1. The van der Waals surface area contributed by atoms with Crippen LogP contribution in [0.4, 0.5) is 0 Å². The van der Waals surface area contributed by atoms with E-state index in [1.165, 1.54) is 11.3 Å². The number of carbonyl (C=O) groups is 1. The van der Waals surface area contributed by atoms with Crippen molar-refractivity contribution in [1.82, 2.24) is 15.1 Å². The van der Waals surface area contributed by atoms with Crippen LogP contribution in [0.1, 0.15) is 20.9 Å². The molecule has 4 rings (SSSR count). The summed E-state index contributed by atoms with van der Waals surface area (Å²) in [7, 11) is 0. The van der Waals surface area contributed by atoms with Gasteiger partial charge in [-0.2, -0.15) is 5.10 Å². The van der Waals surface area contributed by atoms with E-state index in [4.69, 9.17) is 11.6 Å². The van der Waals surface area contributed by atoms with E-state index in [-0.39, 0.29) is 5.91 Å². The van der Waals surface area contributed by atoms with Gasteiger partial charge in [0.05, 0.1) is 10.6 Å². The lowest BCUT2D eigenvalue weighted by Gasteiger charge is -2.26. The van der Waals surface area contributed by atoms with Gasteiger partial charge in [-0.1, -0.05) is 29.8 Å². The number of hydrogen-bond donors (Lipinski definition) is 1. The number of aromatic nitrogens is 2. The van der Waals surface area contributed by atoms with E-state index in [2.05, 4.69) is 10.2 Å². The van der Waals surface area contributed by atoms with Crippen LogP contribution in [0, 0.1) is 0 Å². The van der Waals surface area contributed by atoms with Crippen LogP contribution in [0.25, 0.3) is 11.3 Å². The summed E-state index contributed by atoms with van der Waals surface area (Å²) in [5, 5.41) is 10.2. The van der Waals surface area contributed by atoms with E-state index < -0.39 is 0 Å². The third kappa shape index (κ3) is 2.66. The van der Waals surface area contributed by atoms with Gasteiger partial charge in [-0.15, -0.1) is 11.3 Å². The molecule has 1 N–H and O–H groups in total. The Balaban J connectivity index is 1.66. The molecule has 0 atom stereocenters. The number of hydrogen-bond acceptors (Lipinski definition) is 3. The first-order chi connectivity index (χ1) is 11.2. The number of amides is 1. The summed E-state index contributed by atoms with van der Waals surface area (Å²) in [5.74, 6) is 0.0869. The predicted octanol–water partition coefficient (Wildman–Crippen LogP) is 3.99. The standard InChI is InChI=1S/C17H14ClN3OS/c18-12-4-1-3-11(9-12)16-13-10-21(7-6-14(13)19-20-16)17(22)15-5-2-8-23-15/h1-5,8-9H,6-7,10H2,(H,19,20). The van der Waals surface area contributed by atoms with E-state index >= 15 is 0 Å². The molecule has 0 radical (unpaired) electrons. The van der Waals surface area contributed by atoms with Gasteiger partial charge in [0.25, 0.3) is 5.91 Å². The molecule has 3 aromatic rings. The second-order valence-electron chi connectivity index (χ2n) is 5.49. The summed E-state index contributed by atoms with van der Waals surface area (Å²) in [6.07, 6.45) is 0.792. The molecule has 23 heavy (non-hydrogen) atoms. The smallest absolute Gasteiger partial charge is 0.264 e. The molecule has 0 bridgehead atoms. The quantitative estimate of drug-likeness (QED) is 0.764. The summed E-state index contributed by atoms with van der Waals surface area (Å²) in [5.41, 5.74) is 4.05. The highest BCUT2D eigenvalue weighted by atomic mass is 35.5. The Morgan fingerprint density at radius 1 is 1.30 bits per heavy atom. The Hall–Kier alpha value is -2.11. The van der Waals surface area contributed by atoms with Crippen LogP contribution in [-0.2, 0) is 13.0 Å². The lowest BCUT2D eigenvalue weighted by molar-refractivity contribution is 0.0739. The lowest BCUT2D eigenvalue weighted by Crippen LogP contribution is -2.35. The van der Waals surface area contributed by atoms with E-state index in [0.717, 1.165) is 33.8 Å². The predicted molar refractivity (Wildman–Crippen MR) is 91.8 cm³/mol. The first-order valence-corrected chi connectivity index (χ1v) is 8.63. The zero-order valence-corrected chi connectivity index (χ0v) is 13.8. The van der Waals surface area contributed by atoms with Crippen LogP contribution < -0.4 is 0 Å². The molecule has 4 nitrogen and oxygen atoms in total. The third-order valence-electron chi connectivity index (χ3n) is 4.05. The maximum Gasteiger partial charge on any atom is 0.264 e. The zero-order chi connectivity index (χ0) is 15.8. The van der Waals surface area contributed by atoms with Crippen molar-refractivity contribution < 1.29 is 4.79 Å². The van der Waals surface area contributed by atoms with Gasteiger partial charge < -0.3 is 4.90 Å². The first kappa shape index (κ1) is 14.5. The molecule has 1 aliphatic rings. The third-order valence-corrected chi connectivity index (χ3v) is 5.14. The Bertz CT molecular complexity index is 857. The van der Waals surface area contributed by atoms with Crippen LogP contribution in [0.2, 0.25) is 5.02 Å².